The number of imidazole rings is 2. The molecule has 0 saturated heterocycles. The zero-order valence-electron chi connectivity index (χ0n) is 13.4. The molecule has 3 aromatic heterocycles. The number of nitrogens with one attached hydrogen (secondary N) is 1. The van der Waals surface area contributed by atoms with Gasteiger partial charge in [-0.25, -0.2) is 4.79 Å². The average Bonchev–Trinajstić information content (AvgIpc) is 3.04. The number of phenolic OH excluding ortho intramolecular Hbond substituents is 1. The predicted octanol–water partition coefficient (Wildman–Crippen LogP) is 0.988. The van der Waals surface area contributed by atoms with Crippen LogP contribution in [0.2, 0.25) is 0 Å². The van der Waals surface area contributed by atoms with E-state index in [2.05, 4.69) is 9.97 Å². The molecule has 0 saturated carbocycles. The third kappa shape index (κ3) is 1.70. The average molecular weight is 325 g/mol. The van der Waals surface area contributed by atoms with E-state index in [0.29, 0.717) is 16.9 Å². The molecule has 2 N–H and O–H groups in total. The number of aromatic nitrogens is 5. The molecule has 0 bridgehead atoms. The summed E-state index contributed by atoms with van der Waals surface area (Å²) in [4.78, 5) is 31.0. The summed E-state index contributed by atoms with van der Waals surface area (Å²) in [5, 5.41) is 9.50. The van der Waals surface area contributed by atoms with Crippen molar-refractivity contribution in [2.45, 2.75) is 13.8 Å². The second-order valence-electron chi connectivity index (χ2n) is 5.76. The van der Waals surface area contributed by atoms with Crippen LogP contribution in [-0.4, -0.2) is 28.6 Å². The quantitative estimate of drug-likeness (QED) is 0.545. The fourth-order valence-corrected chi connectivity index (χ4v) is 3.02. The minimum absolute atomic E-state index is 0.170. The van der Waals surface area contributed by atoms with E-state index in [1.807, 2.05) is 18.4 Å². The second kappa shape index (κ2) is 4.60. The molecule has 4 rings (SSSR count). The summed E-state index contributed by atoms with van der Waals surface area (Å²) in [6.07, 6.45) is 0. The highest BCUT2D eigenvalue weighted by Crippen LogP contribution is 2.25. The van der Waals surface area contributed by atoms with Gasteiger partial charge in [0.1, 0.15) is 5.75 Å². The number of H-pyrrole nitrogens is 1. The molecular weight excluding hydrogens is 310 g/mol. The van der Waals surface area contributed by atoms with Gasteiger partial charge in [0.05, 0.1) is 0 Å². The second-order valence-corrected chi connectivity index (χ2v) is 5.76. The largest absolute Gasteiger partial charge is 0.508 e. The lowest BCUT2D eigenvalue weighted by Gasteiger charge is -2.06. The van der Waals surface area contributed by atoms with Crippen LogP contribution in [0.5, 0.6) is 5.75 Å². The molecule has 8 heteroatoms. The van der Waals surface area contributed by atoms with Crippen molar-refractivity contribution < 1.29 is 5.11 Å². The smallest absolute Gasteiger partial charge is 0.329 e. The zero-order chi connectivity index (χ0) is 17.2. The molecular formula is C16H15N5O3. The first-order valence-corrected chi connectivity index (χ1v) is 7.39. The van der Waals surface area contributed by atoms with Crippen molar-refractivity contribution in [1.82, 2.24) is 23.5 Å². The molecule has 0 atom stereocenters. The summed E-state index contributed by atoms with van der Waals surface area (Å²) in [6.45, 7) is 3.82. The molecule has 0 radical (unpaired) electrons. The van der Waals surface area contributed by atoms with Gasteiger partial charge in [-0.1, -0.05) is 0 Å². The predicted molar refractivity (Wildman–Crippen MR) is 89.0 cm³/mol. The van der Waals surface area contributed by atoms with Crippen LogP contribution < -0.4 is 11.2 Å². The third-order valence-corrected chi connectivity index (χ3v) is 4.40. The van der Waals surface area contributed by atoms with Gasteiger partial charge in [0.25, 0.3) is 5.56 Å². The molecule has 0 spiro atoms. The highest BCUT2D eigenvalue weighted by Gasteiger charge is 2.21. The van der Waals surface area contributed by atoms with Gasteiger partial charge in [0.2, 0.25) is 5.78 Å². The van der Waals surface area contributed by atoms with Crippen LogP contribution in [0.3, 0.4) is 0 Å². The lowest BCUT2D eigenvalue weighted by molar-refractivity contribution is 0.475. The van der Waals surface area contributed by atoms with E-state index in [1.54, 1.807) is 35.7 Å². The number of hydrogen-bond acceptors (Lipinski definition) is 4. The molecule has 8 nitrogen and oxygen atoms in total. The molecule has 1 aromatic carbocycles. The lowest BCUT2D eigenvalue weighted by atomic mass is 10.3. The number of rotatable bonds is 1. The van der Waals surface area contributed by atoms with Gasteiger partial charge in [-0.3, -0.25) is 23.3 Å². The number of benzene rings is 1. The van der Waals surface area contributed by atoms with Gasteiger partial charge in [-0.15, -0.1) is 0 Å². The SMILES string of the molecule is Cc1c(C)n2c3c(=O)[nH]c(=O)n(C)c3nc2n1-c1ccc(O)cc1. The number of nitrogens with zero attached hydrogens (tertiary/aromatic N) is 4. The summed E-state index contributed by atoms with van der Waals surface area (Å²) >= 11 is 0. The van der Waals surface area contributed by atoms with Crippen molar-refractivity contribution in [3.05, 3.63) is 56.5 Å². The molecule has 3 heterocycles. The monoisotopic (exact) mass is 325 g/mol. The molecule has 0 unspecified atom stereocenters. The van der Waals surface area contributed by atoms with E-state index in [4.69, 9.17) is 0 Å². The molecule has 4 aromatic rings. The fraction of sp³-hybridized carbons (Fsp3) is 0.188. The third-order valence-electron chi connectivity index (χ3n) is 4.40. The van der Waals surface area contributed by atoms with Crippen LogP contribution in [0, 0.1) is 13.8 Å². The van der Waals surface area contributed by atoms with Gasteiger partial charge in [0, 0.05) is 24.1 Å². The summed E-state index contributed by atoms with van der Waals surface area (Å²) in [7, 11) is 1.57. The van der Waals surface area contributed by atoms with Crippen LogP contribution in [0.1, 0.15) is 11.4 Å². The standard InChI is InChI=1S/C16H15N5O3/c1-8-9(2)21-12-13(19(3)16(24)18-14(12)23)17-15(21)20(8)10-4-6-11(22)7-5-10/h4-7,22H,1-3H3,(H,18,23,24). The topological polar surface area (TPSA) is 97.3 Å². The number of phenols is 1. The van der Waals surface area contributed by atoms with Crippen molar-refractivity contribution in [1.29, 1.82) is 0 Å². The van der Waals surface area contributed by atoms with Crippen LogP contribution >= 0.6 is 0 Å². The van der Waals surface area contributed by atoms with Crippen molar-refractivity contribution in [2.24, 2.45) is 7.05 Å². The Hall–Kier alpha value is -3.29. The number of aromatic hydroxyl groups is 1. The minimum Gasteiger partial charge on any atom is -0.508 e. The van der Waals surface area contributed by atoms with E-state index >= 15 is 0 Å². The first kappa shape index (κ1) is 14.3. The van der Waals surface area contributed by atoms with Crippen LogP contribution in [-0.2, 0) is 7.05 Å². The summed E-state index contributed by atoms with van der Waals surface area (Å²) < 4.78 is 4.95. The molecule has 24 heavy (non-hydrogen) atoms. The Labute approximate surface area is 135 Å². The van der Waals surface area contributed by atoms with Crippen LogP contribution in [0.4, 0.5) is 0 Å². The number of aryl methyl sites for hydroxylation is 2. The van der Waals surface area contributed by atoms with Gasteiger partial charge < -0.3 is 5.11 Å². The van der Waals surface area contributed by atoms with E-state index < -0.39 is 11.2 Å². The Morgan fingerprint density at radius 2 is 1.75 bits per heavy atom. The molecule has 122 valence electrons. The van der Waals surface area contributed by atoms with Gasteiger partial charge >= 0.3 is 5.69 Å². The van der Waals surface area contributed by atoms with Gasteiger partial charge in [-0.05, 0) is 38.1 Å². The molecule has 0 aliphatic heterocycles. The van der Waals surface area contributed by atoms with Crippen molar-refractivity contribution in [3.8, 4) is 11.4 Å². The molecule has 0 aliphatic carbocycles. The van der Waals surface area contributed by atoms with Gasteiger partial charge in [-0.2, -0.15) is 4.98 Å². The Morgan fingerprint density at radius 3 is 2.42 bits per heavy atom. The Morgan fingerprint density at radius 1 is 1.08 bits per heavy atom. The number of fused-ring (bicyclic) bond motifs is 3. The normalized spacial score (nSPS) is 11.6. The van der Waals surface area contributed by atoms with E-state index in [-0.39, 0.29) is 5.75 Å². The Bertz CT molecular complexity index is 1220. The maximum Gasteiger partial charge on any atom is 0.329 e. The number of aromatic amines is 1. The van der Waals surface area contributed by atoms with Crippen LogP contribution in [0.15, 0.2) is 33.9 Å². The summed E-state index contributed by atoms with van der Waals surface area (Å²) in [5.74, 6) is 0.709. The summed E-state index contributed by atoms with van der Waals surface area (Å²) in [5.41, 5.74) is 2.27. The highest BCUT2D eigenvalue weighted by atomic mass is 16.3. The maximum atomic E-state index is 12.3. The summed E-state index contributed by atoms with van der Waals surface area (Å²) in [6, 6.07) is 6.71. The Balaban J connectivity index is 2.22. The fourth-order valence-electron chi connectivity index (χ4n) is 3.02. The Kier molecular flexibility index (Phi) is 2.75. The van der Waals surface area contributed by atoms with Gasteiger partial charge in [0.15, 0.2) is 11.2 Å². The van der Waals surface area contributed by atoms with Crippen molar-refractivity contribution in [3.63, 3.8) is 0 Å². The molecule has 0 fully saturated rings. The van der Waals surface area contributed by atoms with Crippen LogP contribution in [0.25, 0.3) is 22.6 Å². The number of hydrogen-bond donors (Lipinski definition) is 2. The lowest BCUT2D eigenvalue weighted by Crippen LogP contribution is -2.28. The zero-order valence-corrected chi connectivity index (χ0v) is 13.4. The van der Waals surface area contributed by atoms with E-state index in [0.717, 1.165) is 17.1 Å². The van der Waals surface area contributed by atoms with Crippen molar-refractivity contribution >= 4 is 16.9 Å². The first-order valence-electron chi connectivity index (χ1n) is 7.39. The minimum atomic E-state index is -0.501. The van der Waals surface area contributed by atoms with E-state index in [9.17, 15) is 14.7 Å². The first-order chi connectivity index (χ1) is 11.4. The van der Waals surface area contributed by atoms with Crippen molar-refractivity contribution in [2.75, 3.05) is 0 Å². The molecule has 0 aliphatic rings. The highest BCUT2D eigenvalue weighted by molar-refractivity contribution is 5.77. The van der Waals surface area contributed by atoms with E-state index in [1.165, 1.54) is 4.57 Å². The maximum absolute atomic E-state index is 12.3. The molecule has 0 amide bonds.